The second-order valence-electron chi connectivity index (χ2n) is 5.68. The lowest BCUT2D eigenvalue weighted by atomic mass is 10.1. The molecule has 0 aliphatic carbocycles. The first-order valence-corrected chi connectivity index (χ1v) is 9.11. The predicted molar refractivity (Wildman–Crippen MR) is 104 cm³/mol. The number of rotatable bonds is 6. The Hall–Kier alpha value is -2.31. The third-order valence-electron chi connectivity index (χ3n) is 3.57. The van der Waals surface area contributed by atoms with Crippen LogP contribution in [-0.2, 0) is 0 Å². The van der Waals surface area contributed by atoms with Crippen molar-refractivity contribution in [3.05, 3.63) is 69.8 Å². The molecule has 0 unspecified atom stereocenters. The van der Waals surface area contributed by atoms with Crippen LogP contribution in [0.25, 0.3) is 11.3 Å². The van der Waals surface area contributed by atoms with E-state index in [-0.39, 0.29) is 17.7 Å². The molecule has 1 heterocycles. The van der Waals surface area contributed by atoms with Crippen LogP contribution >= 0.6 is 27.5 Å². The van der Waals surface area contributed by atoms with Crippen molar-refractivity contribution in [1.29, 1.82) is 0 Å². The molecule has 1 atom stereocenters. The molecule has 0 spiro atoms. The lowest BCUT2D eigenvalue weighted by molar-refractivity contribution is 0.0923. The number of amides is 1. The van der Waals surface area contributed by atoms with Crippen LogP contribution in [0.1, 0.15) is 17.4 Å². The maximum absolute atomic E-state index is 12.2. The maximum Gasteiger partial charge on any atom is 0.273 e. The molecule has 3 aromatic rings. The highest BCUT2D eigenvalue weighted by Gasteiger charge is 2.15. The van der Waals surface area contributed by atoms with Gasteiger partial charge in [0.1, 0.15) is 11.9 Å². The van der Waals surface area contributed by atoms with Gasteiger partial charge >= 0.3 is 0 Å². The number of benzene rings is 2. The lowest BCUT2D eigenvalue weighted by Crippen LogP contribution is -2.33. The van der Waals surface area contributed by atoms with Crippen molar-refractivity contribution in [3.63, 3.8) is 0 Å². The van der Waals surface area contributed by atoms with E-state index in [4.69, 9.17) is 20.9 Å². The molecule has 134 valence electrons. The van der Waals surface area contributed by atoms with Crippen LogP contribution in [0.3, 0.4) is 0 Å². The topological polar surface area (TPSA) is 64.4 Å². The lowest BCUT2D eigenvalue weighted by Gasteiger charge is -2.15. The van der Waals surface area contributed by atoms with E-state index in [1.54, 1.807) is 30.3 Å². The number of nitrogens with zero attached hydrogens (tertiary/aromatic N) is 1. The molecule has 7 heteroatoms. The summed E-state index contributed by atoms with van der Waals surface area (Å²) in [5.41, 5.74) is 1.07. The molecule has 0 bridgehead atoms. The van der Waals surface area contributed by atoms with Crippen molar-refractivity contribution in [1.82, 2.24) is 10.5 Å². The number of carbonyl (C=O) groups is 1. The van der Waals surface area contributed by atoms with Crippen LogP contribution in [-0.4, -0.2) is 23.7 Å². The Labute approximate surface area is 164 Å². The highest BCUT2D eigenvalue weighted by atomic mass is 79.9. The molecule has 1 N–H and O–H groups in total. The van der Waals surface area contributed by atoms with E-state index in [9.17, 15) is 4.79 Å². The summed E-state index contributed by atoms with van der Waals surface area (Å²) in [6.45, 7) is 2.20. The number of carbonyl (C=O) groups excluding carboxylic acids is 1. The molecule has 1 aromatic heterocycles. The van der Waals surface area contributed by atoms with Crippen LogP contribution in [0.2, 0.25) is 5.02 Å². The number of ether oxygens (including phenoxy) is 1. The minimum Gasteiger partial charge on any atom is -0.489 e. The van der Waals surface area contributed by atoms with Gasteiger partial charge in [0, 0.05) is 21.1 Å². The Morgan fingerprint density at radius 3 is 2.62 bits per heavy atom. The number of nitrogens with one attached hydrogen (secondary N) is 1. The minimum absolute atomic E-state index is 0.210. The summed E-state index contributed by atoms with van der Waals surface area (Å²) in [6, 6.07) is 16.2. The van der Waals surface area contributed by atoms with Gasteiger partial charge in [-0.15, -0.1) is 0 Å². The highest BCUT2D eigenvalue weighted by molar-refractivity contribution is 9.10. The fourth-order valence-electron chi connectivity index (χ4n) is 2.25. The van der Waals surface area contributed by atoms with Crippen molar-refractivity contribution >= 4 is 33.4 Å². The summed E-state index contributed by atoms with van der Waals surface area (Å²) in [5, 5.41) is 7.26. The molecule has 26 heavy (non-hydrogen) atoms. The molecule has 1 amide bonds. The van der Waals surface area contributed by atoms with Gasteiger partial charge in [0.2, 0.25) is 0 Å². The number of halogens is 2. The Balaban J connectivity index is 1.55. The van der Waals surface area contributed by atoms with E-state index in [2.05, 4.69) is 26.4 Å². The van der Waals surface area contributed by atoms with E-state index in [1.165, 1.54) is 0 Å². The number of hydrogen-bond acceptors (Lipinski definition) is 4. The smallest absolute Gasteiger partial charge is 0.273 e. The van der Waals surface area contributed by atoms with Crippen LogP contribution in [0.5, 0.6) is 5.75 Å². The maximum atomic E-state index is 12.2. The summed E-state index contributed by atoms with van der Waals surface area (Å²) in [6.07, 6.45) is -0.210. The van der Waals surface area contributed by atoms with Crippen LogP contribution in [0.4, 0.5) is 0 Å². The Kier molecular flexibility index (Phi) is 5.96. The third-order valence-corrected chi connectivity index (χ3v) is 4.35. The molecule has 0 fully saturated rings. The summed E-state index contributed by atoms with van der Waals surface area (Å²) in [7, 11) is 0. The first-order valence-electron chi connectivity index (χ1n) is 7.94. The van der Waals surface area contributed by atoms with Gasteiger partial charge < -0.3 is 14.6 Å². The molecule has 2 aromatic carbocycles. The fourth-order valence-corrected chi connectivity index (χ4v) is 2.64. The normalized spacial score (nSPS) is 11.8. The zero-order valence-corrected chi connectivity index (χ0v) is 16.3. The van der Waals surface area contributed by atoms with Crippen molar-refractivity contribution in [2.45, 2.75) is 13.0 Å². The fraction of sp³-hybridized carbons (Fsp3) is 0.158. The third kappa shape index (κ3) is 4.86. The van der Waals surface area contributed by atoms with Crippen LogP contribution < -0.4 is 10.1 Å². The van der Waals surface area contributed by atoms with Gasteiger partial charge in [-0.2, -0.15) is 0 Å². The van der Waals surface area contributed by atoms with Gasteiger partial charge in [0.25, 0.3) is 5.91 Å². The quantitative estimate of drug-likeness (QED) is 0.595. The van der Waals surface area contributed by atoms with Gasteiger partial charge in [0.05, 0.1) is 6.54 Å². The monoisotopic (exact) mass is 434 g/mol. The molecular formula is C19H16BrClN2O3. The Morgan fingerprint density at radius 1 is 1.23 bits per heavy atom. The SMILES string of the molecule is C[C@H](CNC(=O)c1cc(-c2ccc(Br)cc2)on1)Oc1ccc(Cl)cc1. The second kappa shape index (κ2) is 8.38. The van der Waals surface area contributed by atoms with Gasteiger partial charge in [-0.25, -0.2) is 0 Å². The molecule has 0 saturated heterocycles. The standard InChI is InChI=1S/C19H16BrClN2O3/c1-12(25-16-8-6-15(21)7-9-16)11-22-19(24)17-10-18(26-23-17)13-2-4-14(20)5-3-13/h2-10,12H,11H2,1H3,(H,22,24)/t12-/m1/s1. The van der Waals surface area contributed by atoms with Crippen molar-refractivity contribution in [3.8, 4) is 17.1 Å². The van der Waals surface area contributed by atoms with E-state index < -0.39 is 0 Å². The van der Waals surface area contributed by atoms with Crippen LogP contribution in [0.15, 0.2) is 63.6 Å². The Morgan fingerprint density at radius 2 is 1.92 bits per heavy atom. The van der Waals surface area contributed by atoms with Crippen molar-refractivity contribution < 1.29 is 14.1 Å². The van der Waals surface area contributed by atoms with E-state index in [1.807, 2.05) is 31.2 Å². The number of aromatic nitrogens is 1. The molecule has 0 radical (unpaired) electrons. The second-order valence-corrected chi connectivity index (χ2v) is 7.03. The Bertz CT molecular complexity index is 879. The zero-order valence-electron chi connectivity index (χ0n) is 13.9. The molecule has 0 saturated carbocycles. The molecular weight excluding hydrogens is 420 g/mol. The van der Waals surface area contributed by atoms with E-state index in [0.717, 1.165) is 10.0 Å². The van der Waals surface area contributed by atoms with E-state index in [0.29, 0.717) is 23.1 Å². The molecule has 5 nitrogen and oxygen atoms in total. The number of hydrogen-bond donors (Lipinski definition) is 1. The zero-order chi connectivity index (χ0) is 18.5. The summed E-state index contributed by atoms with van der Waals surface area (Å²) in [5.74, 6) is 0.909. The molecule has 3 rings (SSSR count). The van der Waals surface area contributed by atoms with Crippen molar-refractivity contribution in [2.24, 2.45) is 0 Å². The predicted octanol–water partition coefficient (Wildman–Crippen LogP) is 4.95. The van der Waals surface area contributed by atoms with Crippen molar-refractivity contribution in [2.75, 3.05) is 6.54 Å². The van der Waals surface area contributed by atoms with Crippen LogP contribution in [0, 0.1) is 0 Å². The van der Waals surface area contributed by atoms with Gasteiger partial charge in [0.15, 0.2) is 11.5 Å². The average molecular weight is 436 g/mol. The first kappa shape index (κ1) is 18.5. The minimum atomic E-state index is -0.316. The molecule has 0 aliphatic rings. The average Bonchev–Trinajstić information content (AvgIpc) is 3.12. The van der Waals surface area contributed by atoms with E-state index >= 15 is 0 Å². The van der Waals surface area contributed by atoms with Gasteiger partial charge in [-0.3, -0.25) is 4.79 Å². The first-order chi connectivity index (χ1) is 12.5. The summed E-state index contributed by atoms with van der Waals surface area (Å²) in [4.78, 5) is 12.2. The highest BCUT2D eigenvalue weighted by Crippen LogP contribution is 2.22. The molecule has 0 aliphatic heterocycles. The summed E-state index contributed by atoms with van der Waals surface area (Å²) < 4.78 is 11.9. The largest absolute Gasteiger partial charge is 0.489 e. The van der Waals surface area contributed by atoms with Gasteiger partial charge in [-0.05, 0) is 43.3 Å². The summed E-state index contributed by atoms with van der Waals surface area (Å²) >= 11 is 9.22. The van der Waals surface area contributed by atoms with Gasteiger partial charge in [-0.1, -0.05) is 44.8 Å².